The smallest absolute Gasteiger partial charge is 0.325 e. The molecule has 0 saturated carbocycles. The molecule has 24 heavy (non-hydrogen) atoms. The van der Waals surface area contributed by atoms with E-state index in [0.29, 0.717) is 11.4 Å². The molecule has 124 valence electrons. The molecule has 2 aromatic carbocycles. The summed E-state index contributed by atoms with van der Waals surface area (Å²) in [6, 6.07) is 12.5. The Morgan fingerprint density at radius 1 is 1.17 bits per heavy atom. The van der Waals surface area contributed by atoms with Crippen molar-refractivity contribution in [2.75, 3.05) is 11.2 Å². The summed E-state index contributed by atoms with van der Waals surface area (Å²) in [6.07, 6.45) is -4.62. The fourth-order valence-electron chi connectivity index (χ4n) is 2.38. The standard InChI is InChI=1S/C16H11ClF3N3O/c17-9-14(24)21-10-6-7-13-12(8-10)22-15(16(18,19)20)23(13)11-4-2-1-3-5-11/h1-8H,9H2,(H,21,24). The monoisotopic (exact) mass is 353 g/mol. The molecule has 0 unspecified atom stereocenters. The van der Waals surface area contributed by atoms with Gasteiger partial charge in [0.25, 0.3) is 0 Å². The first-order valence-electron chi connectivity index (χ1n) is 6.91. The highest BCUT2D eigenvalue weighted by Gasteiger charge is 2.38. The fraction of sp³-hybridized carbons (Fsp3) is 0.125. The van der Waals surface area contributed by atoms with Crippen molar-refractivity contribution in [3.8, 4) is 5.69 Å². The fourth-order valence-corrected chi connectivity index (χ4v) is 2.45. The van der Waals surface area contributed by atoms with E-state index in [1.165, 1.54) is 18.2 Å². The van der Waals surface area contributed by atoms with Crippen LogP contribution in [-0.2, 0) is 11.0 Å². The maximum atomic E-state index is 13.4. The van der Waals surface area contributed by atoms with Gasteiger partial charge in [-0.3, -0.25) is 9.36 Å². The molecule has 1 amide bonds. The molecule has 3 rings (SSSR count). The number of fused-ring (bicyclic) bond motifs is 1. The number of amides is 1. The topological polar surface area (TPSA) is 46.9 Å². The number of rotatable bonds is 3. The lowest BCUT2D eigenvalue weighted by atomic mass is 10.2. The van der Waals surface area contributed by atoms with Gasteiger partial charge in [-0.05, 0) is 30.3 Å². The van der Waals surface area contributed by atoms with Gasteiger partial charge < -0.3 is 5.32 Å². The molecule has 0 atom stereocenters. The van der Waals surface area contributed by atoms with E-state index in [2.05, 4.69) is 10.3 Å². The van der Waals surface area contributed by atoms with Gasteiger partial charge in [-0.15, -0.1) is 11.6 Å². The highest BCUT2D eigenvalue weighted by Crippen LogP contribution is 2.34. The predicted octanol–water partition coefficient (Wildman–Crippen LogP) is 4.22. The lowest BCUT2D eigenvalue weighted by Gasteiger charge is -2.11. The summed E-state index contributed by atoms with van der Waals surface area (Å²) in [6.45, 7) is 0. The maximum Gasteiger partial charge on any atom is 0.450 e. The average Bonchev–Trinajstić information content (AvgIpc) is 2.94. The number of hydrogen-bond acceptors (Lipinski definition) is 2. The number of hydrogen-bond donors (Lipinski definition) is 1. The van der Waals surface area contributed by atoms with Gasteiger partial charge in [0.15, 0.2) is 0 Å². The van der Waals surface area contributed by atoms with Gasteiger partial charge in [0.05, 0.1) is 11.0 Å². The van der Waals surface area contributed by atoms with Crippen LogP contribution in [0.4, 0.5) is 18.9 Å². The number of alkyl halides is 4. The van der Waals surface area contributed by atoms with Crippen molar-refractivity contribution >= 4 is 34.2 Å². The molecular weight excluding hydrogens is 343 g/mol. The zero-order chi connectivity index (χ0) is 17.3. The van der Waals surface area contributed by atoms with Crippen molar-refractivity contribution in [3.05, 3.63) is 54.4 Å². The molecule has 1 N–H and O–H groups in total. The number of nitrogens with one attached hydrogen (secondary N) is 1. The Balaban J connectivity index is 2.19. The molecule has 1 aromatic heterocycles. The minimum absolute atomic E-state index is 0.124. The minimum atomic E-state index is -4.62. The van der Waals surface area contributed by atoms with E-state index < -0.39 is 17.9 Å². The van der Waals surface area contributed by atoms with E-state index in [0.717, 1.165) is 4.57 Å². The predicted molar refractivity (Wildman–Crippen MR) is 85.4 cm³/mol. The van der Waals surface area contributed by atoms with Crippen molar-refractivity contribution in [1.29, 1.82) is 0 Å². The maximum absolute atomic E-state index is 13.4. The van der Waals surface area contributed by atoms with Gasteiger partial charge in [0, 0.05) is 11.4 Å². The quantitative estimate of drug-likeness (QED) is 0.717. The molecule has 0 aliphatic rings. The van der Waals surface area contributed by atoms with Crippen LogP contribution < -0.4 is 5.32 Å². The van der Waals surface area contributed by atoms with Crippen LogP contribution in [0.5, 0.6) is 0 Å². The van der Waals surface area contributed by atoms with Crippen LogP contribution in [0.15, 0.2) is 48.5 Å². The van der Waals surface area contributed by atoms with Gasteiger partial charge in [-0.1, -0.05) is 18.2 Å². The van der Waals surface area contributed by atoms with Gasteiger partial charge in [-0.2, -0.15) is 13.2 Å². The Morgan fingerprint density at radius 3 is 2.50 bits per heavy atom. The first-order valence-corrected chi connectivity index (χ1v) is 7.44. The summed E-state index contributed by atoms with van der Waals surface area (Å²) >= 11 is 5.41. The van der Waals surface area contributed by atoms with E-state index in [1.54, 1.807) is 30.3 Å². The number of aromatic nitrogens is 2. The van der Waals surface area contributed by atoms with Crippen molar-refractivity contribution in [3.63, 3.8) is 0 Å². The van der Waals surface area contributed by atoms with Gasteiger partial charge in [0.2, 0.25) is 11.7 Å². The number of para-hydroxylation sites is 1. The van der Waals surface area contributed by atoms with Gasteiger partial charge >= 0.3 is 6.18 Å². The Labute approximate surface area is 139 Å². The molecule has 8 heteroatoms. The van der Waals surface area contributed by atoms with E-state index in [4.69, 9.17) is 11.6 Å². The van der Waals surface area contributed by atoms with Crippen LogP contribution in [0.25, 0.3) is 16.7 Å². The van der Waals surface area contributed by atoms with Crippen LogP contribution in [-0.4, -0.2) is 21.3 Å². The lowest BCUT2D eigenvalue weighted by molar-refractivity contribution is -0.145. The number of anilines is 1. The van der Waals surface area contributed by atoms with Crippen molar-refractivity contribution < 1.29 is 18.0 Å². The van der Waals surface area contributed by atoms with E-state index in [9.17, 15) is 18.0 Å². The Bertz CT molecular complexity index is 891. The zero-order valence-electron chi connectivity index (χ0n) is 12.1. The second kappa shape index (κ2) is 6.16. The molecule has 0 radical (unpaired) electrons. The molecule has 1 heterocycles. The van der Waals surface area contributed by atoms with Crippen LogP contribution in [0.2, 0.25) is 0 Å². The summed E-state index contributed by atoms with van der Waals surface area (Å²) in [5.41, 5.74) is 1.10. The third-order valence-corrected chi connectivity index (χ3v) is 3.57. The molecular formula is C16H11ClF3N3O. The summed E-state index contributed by atoms with van der Waals surface area (Å²) in [7, 11) is 0. The number of halogens is 4. The van der Waals surface area contributed by atoms with Crippen molar-refractivity contribution in [2.45, 2.75) is 6.18 Å². The van der Waals surface area contributed by atoms with Crippen molar-refractivity contribution in [2.24, 2.45) is 0 Å². The largest absolute Gasteiger partial charge is 0.450 e. The summed E-state index contributed by atoms with van der Waals surface area (Å²) in [5, 5.41) is 2.49. The molecule has 3 aromatic rings. The third kappa shape index (κ3) is 3.07. The normalized spacial score (nSPS) is 11.7. The van der Waals surface area contributed by atoms with Gasteiger partial charge in [0.1, 0.15) is 5.88 Å². The van der Waals surface area contributed by atoms with Crippen LogP contribution in [0.3, 0.4) is 0 Å². The molecule has 4 nitrogen and oxygen atoms in total. The highest BCUT2D eigenvalue weighted by molar-refractivity contribution is 6.29. The van der Waals surface area contributed by atoms with Crippen molar-refractivity contribution in [1.82, 2.24) is 9.55 Å². The second-order valence-corrected chi connectivity index (χ2v) is 5.26. The molecule has 0 fully saturated rings. The number of carbonyl (C=O) groups excluding carboxylic acids is 1. The summed E-state index contributed by atoms with van der Waals surface area (Å²) < 4.78 is 41.1. The molecule has 0 bridgehead atoms. The SMILES string of the molecule is O=C(CCl)Nc1ccc2c(c1)nc(C(F)(F)F)n2-c1ccccc1. The highest BCUT2D eigenvalue weighted by atomic mass is 35.5. The van der Waals surface area contributed by atoms with Crippen LogP contribution >= 0.6 is 11.6 Å². The summed E-state index contributed by atoms with van der Waals surface area (Å²) in [5.74, 6) is -1.72. The van der Waals surface area contributed by atoms with E-state index in [1.807, 2.05) is 0 Å². The molecule has 0 aliphatic carbocycles. The number of imidazole rings is 1. The molecule has 0 aliphatic heterocycles. The number of carbonyl (C=O) groups is 1. The molecule has 0 spiro atoms. The number of benzene rings is 2. The van der Waals surface area contributed by atoms with E-state index >= 15 is 0 Å². The number of nitrogens with zero attached hydrogens (tertiary/aromatic N) is 2. The Kier molecular flexibility index (Phi) is 4.19. The van der Waals surface area contributed by atoms with Gasteiger partial charge in [-0.25, -0.2) is 4.98 Å². The zero-order valence-corrected chi connectivity index (χ0v) is 12.9. The van der Waals surface area contributed by atoms with Crippen LogP contribution in [0.1, 0.15) is 5.82 Å². The summed E-state index contributed by atoms with van der Waals surface area (Å²) in [4.78, 5) is 15.0. The Morgan fingerprint density at radius 2 is 1.88 bits per heavy atom. The van der Waals surface area contributed by atoms with Crippen LogP contribution in [0, 0.1) is 0 Å². The van der Waals surface area contributed by atoms with E-state index in [-0.39, 0.29) is 16.9 Å². The third-order valence-electron chi connectivity index (χ3n) is 3.33. The minimum Gasteiger partial charge on any atom is -0.325 e. The first-order chi connectivity index (χ1) is 11.4. The average molecular weight is 354 g/mol. The second-order valence-electron chi connectivity index (χ2n) is 4.99. The first kappa shape index (κ1) is 16.3. The Hall–Kier alpha value is -2.54. The lowest BCUT2D eigenvalue weighted by Crippen LogP contribution is -2.13. The molecule has 0 saturated heterocycles.